The summed E-state index contributed by atoms with van der Waals surface area (Å²) in [6.07, 6.45) is 1.94. The fraction of sp³-hybridized carbons (Fsp3) is 0.545. The van der Waals surface area contributed by atoms with E-state index in [0.717, 1.165) is 29.4 Å². The summed E-state index contributed by atoms with van der Waals surface area (Å²) in [5.74, 6) is 1.04. The molecule has 2 heterocycles. The number of fused-ring (bicyclic) bond motifs is 3. The molecule has 0 saturated carbocycles. The predicted octanol–water partition coefficient (Wildman–Crippen LogP) is 2.64. The SMILES string of the molecule is COc1cc2c(c3oc(=O)c(CCC(=O)N[C@@H](C)CO)c(C)c13)CCC(C)(C)O2. The van der Waals surface area contributed by atoms with Crippen LogP contribution in [0.15, 0.2) is 15.3 Å². The Balaban J connectivity index is 2.03. The van der Waals surface area contributed by atoms with E-state index in [4.69, 9.17) is 19.0 Å². The number of nitrogens with one attached hydrogen (secondary N) is 1. The monoisotopic (exact) mass is 403 g/mol. The lowest BCUT2D eigenvalue weighted by Gasteiger charge is -2.33. The van der Waals surface area contributed by atoms with Crippen LogP contribution in [0.25, 0.3) is 11.0 Å². The topological polar surface area (TPSA) is 98.0 Å². The zero-order valence-corrected chi connectivity index (χ0v) is 17.7. The summed E-state index contributed by atoms with van der Waals surface area (Å²) < 4.78 is 17.4. The van der Waals surface area contributed by atoms with Crippen LogP contribution in [-0.4, -0.2) is 36.4 Å². The maximum absolute atomic E-state index is 12.7. The number of rotatable bonds is 6. The van der Waals surface area contributed by atoms with E-state index in [0.29, 0.717) is 22.6 Å². The minimum absolute atomic E-state index is 0.131. The fourth-order valence-electron chi connectivity index (χ4n) is 3.76. The van der Waals surface area contributed by atoms with E-state index in [1.54, 1.807) is 14.0 Å². The van der Waals surface area contributed by atoms with Gasteiger partial charge in [-0.2, -0.15) is 0 Å². The van der Waals surface area contributed by atoms with E-state index in [2.05, 4.69) is 5.32 Å². The minimum atomic E-state index is -0.446. The van der Waals surface area contributed by atoms with Crippen LogP contribution in [0, 0.1) is 6.92 Å². The Labute approximate surface area is 170 Å². The third kappa shape index (κ3) is 4.24. The van der Waals surface area contributed by atoms with Crippen molar-refractivity contribution in [2.75, 3.05) is 13.7 Å². The number of carbonyl (C=O) groups is 1. The number of amides is 1. The van der Waals surface area contributed by atoms with Gasteiger partial charge in [0.1, 0.15) is 22.7 Å². The van der Waals surface area contributed by atoms with Gasteiger partial charge in [-0.3, -0.25) is 4.79 Å². The summed E-state index contributed by atoms with van der Waals surface area (Å²) in [5, 5.41) is 12.5. The van der Waals surface area contributed by atoms with Crippen molar-refractivity contribution in [3.63, 3.8) is 0 Å². The molecule has 1 aliphatic rings. The standard InChI is InChI=1S/C22H29NO6/c1-12(11-24)23-18(25)7-6-14-13(2)19-17(27-5)10-16-15(20(19)28-21(14)26)8-9-22(3,4)29-16/h10,12,24H,6-9,11H2,1-5H3,(H,23,25)/t12-/m0/s1. The normalized spacial score (nSPS) is 16.1. The van der Waals surface area contributed by atoms with Crippen LogP contribution >= 0.6 is 0 Å². The number of carbonyl (C=O) groups excluding carboxylic acids is 1. The van der Waals surface area contributed by atoms with Gasteiger partial charge in [0, 0.05) is 29.7 Å². The number of aryl methyl sites for hydroxylation is 2. The quantitative estimate of drug-likeness (QED) is 0.720. The first kappa shape index (κ1) is 21.2. The highest BCUT2D eigenvalue weighted by Crippen LogP contribution is 2.43. The summed E-state index contributed by atoms with van der Waals surface area (Å²) in [7, 11) is 1.57. The highest BCUT2D eigenvalue weighted by molar-refractivity contribution is 5.92. The largest absolute Gasteiger partial charge is 0.496 e. The zero-order chi connectivity index (χ0) is 21.3. The molecular formula is C22H29NO6. The van der Waals surface area contributed by atoms with Crippen molar-refractivity contribution in [1.29, 1.82) is 0 Å². The number of aliphatic hydroxyl groups excluding tert-OH is 1. The molecule has 1 amide bonds. The first-order valence-electron chi connectivity index (χ1n) is 9.92. The molecular weight excluding hydrogens is 374 g/mol. The maximum atomic E-state index is 12.7. The van der Waals surface area contributed by atoms with Gasteiger partial charge in [-0.15, -0.1) is 0 Å². The van der Waals surface area contributed by atoms with Gasteiger partial charge in [-0.25, -0.2) is 4.79 Å². The van der Waals surface area contributed by atoms with Gasteiger partial charge in [0.05, 0.1) is 19.1 Å². The summed E-state index contributed by atoms with van der Waals surface area (Å²) in [6.45, 7) is 7.49. The Morgan fingerprint density at radius 3 is 2.79 bits per heavy atom. The second-order valence-electron chi connectivity index (χ2n) is 8.27. The molecule has 7 heteroatoms. The molecule has 158 valence electrons. The van der Waals surface area contributed by atoms with E-state index < -0.39 is 5.63 Å². The van der Waals surface area contributed by atoms with Crippen molar-refractivity contribution in [1.82, 2.24) is 5.32 Å². The van der Waals surface area contributed by atoms with Crippen LogP contribution in [0.3, 0.4) is 0 Å². The van der Waals surface area contributed by atoms with Gasteiger partial charge in [-0.05, 0) is 52.5 Å². The molecule has 29 heavy (non-hydrogen) atoms. The Morgan fingerprint density at radius 2 is 2.14 bits per heavy atom. The van der Waals surface area contributed by atoms with Gasteiger partial charge >= 0.3 is 5.63 Å². The zero-order valence-electron chi connectivity index (χ0n) is 17.7. The number of aliphatic hydroxyl groups is 1. The highest BCUT2D eigenvalue weighted by Gasteiger charge is 2.31. The number of methoxy groups -OCH3 is 1. The van der Waals surface area contributed by atoms with Crippen LogP contribution in [0.2, 0.25) is 0 Å². The molecule has 0 saturated heterocycles. The Morgan fingerprint density at radius 1 is 1.41 bits per heavy atom. The van der Waals surface area contributed by atoms with Crippen molar-refractivity contribution in [3.8, 4) is 11.5 Å². The Hall–Kier alpha value is -2.54. The molecule has 0 spiro atoms. The molecule has 1 aromatic carbocycles. The summed E-state index contributed by atoms with van der Waals surface area (Å²) >= 11 is 0. The van der Waals surface area contributed by atoms with E-state index in [1.807, 2.05) is 26.8 Å². The highest BCUT2D eigenvalue weighted by atomic mass is 16.5. The first-order valence-corrected chi connectivity index (χ1v) is 9.92. The smallest absolute Gasteiger partial charge is 0.339 e. The van der Waals surface area contributed by atoms with Crippen LogP contribution in [-0.2, 0) is 17.6 Å². The van der Waals surface area contributed by atoms with Crippen molar-refractivity contribution < 1.29 is 23.8 Å². The van der Waals surface area contributed by atoms with E-state index in [9.17, 15) is 9.59 Å². The number of ether oxygens (including phenoxy) is 2. The molecule has 0 radical (unpaired) electrons. The second kappa shape index (κ2) is 8.06. The minimum Gasteiger partial charge on any atom is -0.496 e. The van der Waals surface area contributed by atoms with Crippen molar-refractivity contribution in [2.24, 2.45) is 0 Å². The van der Waals surface area contributed by atoms with Gasteiger partial charge in [0.2, 0.25) is 5.91 Å². The average molecular weight is 403 g/mol. The van der Waals surface area contributed by atoms with E-state index >= 15 is 0 Å². The van der Waals surface area contributed by atoms with Crippen molar-refractivity contribution in [3.05, 3.63) is 33.2 Å². The molecule has 2 N–H and O–H groups in total. The first-order chi connectivity index (χ1) is 13.7. The van der Waals surface area contributed by atoms with Gasteiger partial charge in [0.25, 0.3) is 0 Å². The average Bonchev–Trinajstić information content (AvgIpc) is 2.65. The summed E-state index contributed by atoms with van der Waals surface area (Å²) in [6, 6.07) is 1.53. The summed E-state index contributed by atoms with van der Waals surface area (Å²) in [4.78, 5) is 24.8. The molecule has 1 aliphatic heterocycles. The van der Waals surface area contributed by atoms with Gasteiger partial charge < -0.3 is 24.3 Å². The molecule has 7 nitrogen and oxygen atoms in total. The molecule has 1 atom stereocenters. The van der Waals surface area contributed by atoms with Gasteiger partial charge in [-0.1, -0.05) is 0 Å². The number of benzene rings is 1. The fourth-order valence-corrected chi connectivity index (χ4v) is 3.76. The van der Waals surface area contributed by atoms with Crippen LogP contribution in [0.4, 0.5) is 0 Å². The molecule has 3 rings (SSSR count). The molecule has 0 bridgehead atoms. The number of hydrogen-bond donors (Lipinski definition) is 2. The molecule has 0 fully saturated rings. The molecule has 1 aromatic heterocycles. The summed E-state index contributed by atoms with van der Waals surface area (Å²) in [5.41, 5.74) is 1.85. The maximum Gasteiger partial charge on any atom is 0.339 e. The van der Waals surface area contributed by atoms with Crippen molar-refractivity contribution in [2.45, 2.75) is 65.0 Å². The third-order valence-electron chi connectivity index (χ3n) is 5.44. The molecule has 0 unspecified atom stereocenters. The predicted molar refractivity (Wildman–Crippen MR) is 110 cm³/mol. The Kier molecular flexibility index (Phi) is 5.89. The van der Waals surface area contributed by atoms with Gasteiger partial charge in [0.15, 0.2) is 0 Å². The lowest BCUT2D eigenvalue weighted by Crippen LogP contribution is -2.35. The molecule has 2 aromatic rings. The lowest BCUT2D eigenvalue weighted by atomic mass is 9.91. The second-order valence-corrected chi connectivity index (χ2v) is 8.27. The number of hydrogen-bond acceptors (Lipinski definition) is 6. The van der Waals surface area contributed by atoms with E-state index in [-0.39, 0.29) is 37.0 Å². The van der Waals surface area contributed by atoms with Crippen molar-refractivity contribution >= 4 is 16.9 Å². The van der Waals surface area contributed by atoms with Crippen LogP contribution < -0.4 is 20.4 Å². The lowest BCUT2D eigenvalue weighted by molar-refractivity contribution is -0.121. The molecule has 0 aliphatic carbocycles. The van der Waals surface area contributed by atoms with Crippen LogP contribution in [0.5, 0.6) is 11.5 Å². The third-order valence-corrected chi connectivity index (χ3v) is 5.44. The van der Waals surface area contributed by atoms with Crippen LogP contribution in [0.1, 0.15) is 50.3 Å². The Bertz CT molecular complexity index is 991. The van der Waals surface area contributed by atoms with E-state index in [1.165, 1.54) is 0 Å².